The van der Waals surface area contributed by atoms with Gasteiger partial charge in [-0.2, -0.15) is 0 Å². The SMILES string of the molecule is CCOC(=O)C1(C(=O)OCC)Cc2cc3c(cc2C1)CS(=O)OC3. The summed E-state index contributed by atoms with van der Waals surface area (Å²) >= 11 is -1.32. The van der Waals surface area contributed by atoms with Crippen LogP contribution in [0, 0.1) is 5.41 Å². The number of benzene rings is 1. The molecule has 1 aliphatic heterocycles. The van der Waals surface area contributed by atoms with Crippen molar-refractivity contribution in [3.8, 4) is 0 Å². The second-order valence-electron chi connectivity index (χ2n) is 5.98. The average Bonchev–Trinajstić information content (AvgIpc) is 2.93. The Morgan fingerprint density at radius 3 is 2.12 bits per heavy atom. The maximum absolute atomic E-state index is 12.5. The van der Waals surface area contributed by atoms with Crippen LogP contribution in [0.2, 0.25) is 0 Å². The molecule has 0 aromatic heterocycles. The molecule has 0 saturated carbocycles. The second-order valence-corrected chi connectivity index (χ2v) is 7.11. The van der Waals surface area contributed by atoms with Crippen molar-refractivity contribution in [3.05, 3.63) is 34.4 Å². The number of rotatable bonds is 4. The Bertz CT molecular complexity index is 693. The van der Waals surface area contributed by atoms with Gasteiger partial charge in [0, 0.05) is 0 Å². The fourth-order valence-corrected chi connectivity index (χ4v) is 4.17. The van der Waals surface area contributed by atoms with Gasteiger partial charge in [-0.1, -0.05) is 12.1 Å². The lowest BCUT2D eigenvalue weighted by molar-refractivity contribution is -0.171. The lowest BCUT2D eigenvalue weighted by atomic mass is 9.84. The Hall–Kier alpha value is -1.73. The number of hydrogen-bond donors (Lipinski definition) is 0. The van der Waals surface area contributed by atoms with Crippen LogP contribution in [0.3, 0.4) is 0 Å². The quantitative estimate of drug-likeness (QED) is 0.605. The van der Waals surface area contributed by atoms with Crippen molar-refractivity contribution in [2.45, 2.75) is 39.0 Å². The third-order valence-corrected chi connectivity index (χ3v) is 5.39. The lowest BCUT2D eigenvalue weighted by Gasteiger charge is -2.23. The summed E-state index contributed by atoms with van der Waals surface area (Å²) in [6, 6.07) is 3.88. The molecule has 24 heavy (non-hydrogen) atoms. The Kier molecular flexibility index (Phi) is 4.73. The Balaban J connectivity index is 1.97. The van der Waals surface area contributed by atoms with Gasteiger partial charge >= 0.3 is 11.9 Å². The van der Waals surface area contributed by atoms with Crippen LogP contribution in [-0.2, 0) is 59.5 Å². The highest BCUT2D eigenvalue weighted by atomic mass is 32.2. The van der Waals surface area contributed by atoms with Gasteiger partial charge in [0.15, 0.2) is 16.5 Å². The van der Waals surface area contributed by atoms with E-state index in [2.05, 4.69) is 0 Å². The highest BCUT2D eigenvalue weighted by Gasteiger charge is 2.53. The van der Waals surface area contributed by atoms with E-state index in [0.717, 1.165) is 22.3 Å². The minimum atomic E-state index is -1.32. The van der Waals surface area contributed by atoms with E-state index in [9.17, 15) is 13.8 Å². The number of carbonyl (C=O) groups is 2. The third-order valence-electron chi connectivity index (χ3n) is 4.46. The topological polar surface area (TPSA) is 78.9 Å². The molecule has 1 aromatic rings. The molecule has 0 fully saturated rings. The number of esters is 2. The minimum absolute atomic E-state index is 0.208. The van der Waals surface area contributed by atoms with Crippen LogP contribution in [0.1, 0.15) is 36.1 Å². The van der Waals surface area contributed by atoms with Gasteiger partial charge in [0.2, 0.25) is 0 Å². The zero-order chi connectivity index (χ0) is 17.3. The maximum Gasteiger partial charge on any atom is 0.324 e. The van der Waals surface area contributed by atoms with Crippen molar-refractivity contribution in [1.29, 1.82) is 0 Å². The third kappa shape index (κ3) is 2.86. The first-order valence-corrected chi connectivity index (χ1v) is 9.24. The van der Waals surface area contributed by atoms with Crippen molar-refractivity contribution in [2.24, 2.45) is 5.41 Å². The molecular weight excluding hydrogens is 332 g/mol. The van der Waals surface area contributed by atoms with Crippen LogP contribution in [-0.4, -0.2) is 29.4 Å². The van der Waals surface area contributed by atoms with Gasteiger partial charge in [0.25, 0.3) is 0 Å². The second kappa shape index (κ2) is 6.64. The summed E-state index contributed by atoms with van der Waals surface area (Å²) in [5.74, 6) is -0.760. The molecule has 6 nitrogen and oxygen atoms in total. The molecule has 1 unspecified atom stereocenters. The summed E-state index contributed by atoms with van der Waals surface area (Å²) in [4.78, 5) is 25.1. The lowest BCUT2D eigenvalue weighted by Crippen LogP contribution is -2.43. The molecule has 0 N–H and O–H groups in total. The molecule has 1 aliphatic carbocycles. The molecule has 0 spiro atoms. The van der Waals surface area contributed by atoms with Crippen LogP contribution in [0.15, 0.2) is 12.1 Å². The van der Waals surface area contributed by atoms with Crippen molar-refractivity contribution >= 4 is 23.0 Å². The number of carbonyl (C=O) groups excluding carboxylic acids is 2. The van der Waals surface area contributed by atoms with E-state index >= 15 is 0 Å². The Morgan fingerprint density at radius 2 is 1.58 bits per heavy atom. The monoisotopic (exact) mass is 352 g/mol. The minimum Gasteiger partial charge on any atom is -0.465 e. The molecule has 0 radical (unpaired) electrons. The Morgan fingerprint density at radius 1 is 1.04 bits per heavy atom. The van der Waals surface area contributed by atoms with Crippen LogP contribution in [0.4, 0.5) is 0 Å². The van der Waals surface area contributed by atoms with Gasteiger partial charge in [-0.15, -0.1) is 0 Å². The first-order valence-electron chi connectivity index (χ1n) is 7.99. The molecule has 130 valence electrons. The fourth-order valence-electron chi connectivity index (χ4n) is 3.31. The summed E-state index contributed by atoms with van der Waals surface area (Å²) < 4.78 is 27.1. The average molecular weight is 352 g/mol. The summed E-state index contributed by atoms with van der Waals surface area (Å²) in [6.07, 6.45) is 0.511. The molecule has 0 saturated heterocycles. The number of fused-ring (bicyclic) bond motifs is 2. The summed E-state index contributed by atoms with van der Waals surface area (Å²) in [6.45, 7) is 4.12. The van der Waals surface area contributed by atoms with Crippen molar-refractivity contribution in [3.63, 3.8) is 0 Å². The molecule has 3 rings (SSSR count). The number of hydrogen-bond acceptors (Lipinski definition) is 6. The van der Waals surface area contributed by atoms with Crippen LogP contribution < -0.4 is 0 Å². The van der Waals surface area contributed by atoms with Gasteiger partial charge in [-0.3, -0.25) is 13.8 Å². The van der Waals surface area contributed by atoms with E-state index in [1.54, 1.807) is 13.8 Å². The van der Waals surface area contributed by atoms with E-state index in [1.165, 1.54) is 0 Å². The fraction of sp³-hybridized carbons (Fsp3) is 0.529. The van der Waals surface area contributed by atoms with Crippen molar-refractivity contribution in [2.75, 3.05) is 13.2 Å². The summed E-state index contributed by atoms with van der Waals surface area (Å²) in [5, 5.41) is 0. The van der Waals surface area contributed by atoms with Gasteiger partial charge < -0.3 is 9.47 Å². The molecule has 1 aromatic carbocycles. The highest BCUT2D eigenvalue weighted by Crippen LogP contribution is 2.41. The smallest absolute Gasteiger partial charge is 0.324 e. The predicted molar refractivity (Wildman–Crippen MR) is 86.2 cm³/mol. The van der Waals surface area contributed by atoms with E-state index in [1.807, 2.05) is 12.1 Å². The van der Waals surface area contributed by atoms with Crippen LogP contribution >= 0.6 is 0 Å². The first-order chi connectivity index (χ1) is 11.5. The predicted octanol–water partition coefficient (Wildman–Crippen LogP) is 1.59. The van der Waals surface area contributed by atoms with E-state index in [0.29, 0.717) is 5.75 Å². The van der Waals surface area contributed by atoms with Gasteiger partial charge in [0.1, 0.15) is 0 Å². The molecule has 1 heterocycles. The van der Waals surface area contributed by atoms with E-state index < -0.39 is 28.4 Å². The Labute approximate surface area is 143 Å². The molecule has 0 amide bonds. The van der Waals surface area contributed by atoms with Crippen LogP contribution in [0.25, 0.3) is 0 Å². The van der Waals surface area contributed by atoms with Gasteiger partial charge in [0.05, 0.1) is 25.6 Å². The van der Waals surface area contributed by atoms with Gasteiger partial charge in [-0.25, -0.2) is 4.21 Å². The number of ether oxygens (including phenoxy) is 2. The zero-order valence-corrected chi connectivity index (χ0v) is 14.6. The van der Waals surface area contributed by atoms with E-state index in [4.69, 9.17) is 13.7 Å². The molecule has 2 aliphatic rings. The zero-order valence-electron chi connectivity index (χ0n) is 13.8. The summed E-state index contributed by atoms with van der Waals surface area (Å²) in [5.41, 5.74) is 2.41. The molecular formula is C17H20O6S. The van der Waals surface area contributed by atoms with Gasteiger partial charge in [-0.05, 0) is 48.9 Å². The molecule has 1 atom stereocenters. The standard InChI is InChI=1S/C17H20O6S/c1-3-21-15(18)17(16(19)22-4-2)7-11-5-13-9-23-24(20)10-14(13)6-12(11)8-17/h5-6H,3-4,7-10H2,1-2H3. The van der Waals surface area contributed by atoms with Crippen molar-refractivity contribution < 1.29 is 27.5 Å². The summed E-state index contributed by atoms with van der Waals surface area (Å²) in [7, 11) is 0. The van der Waals surface area contributed by atoms with Crippen molar-refractivity contribution in [1.82, 2.24) is 0 Å². The normalized spacial score (nSPS) is 20.8. The first kappa shape index (κ1) is 17.1. The highest BCUT2D eigenvalue weighted by molar-refractivity contribution is 7.79. The molecule has 7 heteroatoms. The maximum atomic E-state index is 12.5. The van der Waals surface area contributed by atoms with E-state index in [-0.39, 0.29) is 32.7 Å². The largest absolute Gasteiger partial charge is 0.465 e. The van der Waals surface area contributed by atoms with Crippen LogP contribution in [0.5, 0.6) is 0 Å². The molecule has 0 bridgehead atoms.